The highest BCUT2D eigenvalue weighted by atomic mass is 16.7. The third-order valence-electron chi connectivity index (χ3n) is 3.42. The predicted molar refractivity (Wildman–Crippen MR) is 79.3 cm³/mol. The second-order valence-electron chi connectivity index (χ2n) is 4.91. The molecule has 21 heavy (non-hydrogen) atoms. The maximum absolute atomic E-state index is 12.2. The number of carbonyl (C=O) groups excluding carboxylic acids is 1. The number of ether oxygens (including phenoxy) is 2. The molecule has 0 unspecified atom stereocenters. The molecule has 108 valence electrons. The van der Waals surface area contributed by atoms with E-state index in [0.29, 0.717) is 23.5 Å². The van der Waals surface area contributed by atoms with Crippen LogP contribution in [0.2, 0.25) is 0 Å². The van der Waals surface area contributed by atoms with E-state index in [1.807, 2.05) is 37.3 Å². The normalized spacial score (nSPS) is 12.2. The molecule has 5 nitrogen and oxygen atoms in total. The van der Waals surface area contributed by atoms with Crippen LogP contribution in [0.5, 0.6) is 11.5 Å². The van der Waals surface area contributed by atoms with Crippen LogP contribution in [0, 0.1) is 6.92 Å². The number of hydrogen-bond donors (Lipinski definition) is 2. The molecule has 1 aliphatic heterocycles. The smallest absolute Gasteiger partial charge is 0.253 e. The number of anilines is 1. The first-order chi connectivity index (χ1) is 10.1. The van der Waals surface area contributed by atoms with Gasteiger partial charge in [-0.15, -0.1) is 0 Å². The lowest BCUT2D eigenvalue weighted by molar-refractivity contribution is 0.0951. The van der Waals surface area contributed by atoms with E-state index in [2.05, 4.69) is 5.32 Å². The van der Waals surface area contributed by atoms with Gasteiger partial charge in [0.2, 0.25) is 6.79 Å². The van der Waals surface area contributed by atoms with Crippen molar-refractivity contribution in [1.82, 2.24) is 5.32 Å². The zero-order valence-electron chi connectivity index (χ0n) is 11.7. The molecule has 2 aromatic carbocycles. The van der Waals surface area contributed by atoms with Gasteiger partial charge in [-0.05, 0) is 36.2 Å². The molecule has 0 bridgehead atoms. The number of hydrogen-bond acceptors (Lipinski definition) is 4. The van der Waals surface area contributed by atoms with Crippen molar-refractivity contribution in [2.24, 2.45) is 0 Å². The Morgan fingerprint density at radius 2 is 2.05 bits per heavy atom. The summed E-state index contributed by atoms with van der Waals surface area (Å²) in [6.07, 6.45) is 0. The molecule has 5 heteroatoms. The minimum absolute atomic E-state index is 0.178. The van der Waals surface area contributed by atoms with Gasteiger partial charge < -0.3 is 20.5 Å². The van der Waals surface area contributed by atoms with E-state index in [4.69, 9.17) is 15.2 Å². The molecule has 0 spiro atoms. The number of carbonyl (C=O) groups is 1. The molecule has 0 saturated heterocycles. The summed E-state index contributed by atoms with van der Waals surface area (Å²) >= 11 is 0. The van der Waals surface area contributed by atoms with Crippen molar-refractivity contribution in [2.45, 2.75) is 13.5 Å². The molecule has 0 saturated carbocycles. The van der Waals surface area contributed by atoms with Gasteiger partial charge in [0.25, 0.3) is 5.91 Å². The van der Waals surface area contributed by atoms with Crippen molar-refractivity contribution in [3.8, 4) is 11.5 Å². The minimum Gasteiger partial charge on any atom is -0.454 e. The number of nitrogen functional groups attached to an aromatic ring is 1. The van der Waals surface area contributed by atoms with Gasteiger partial charge in [-0.2, -0.15) is 0 Å². The molecule has 0 atom stereocenters. The van der Waals surface area contributed by atoms with Crippen molar-refractivity contribution in [1.29, 1.82) is 0 Å². The molecular weight excluding hydrogens is 268 g/mol. The summed E-state index contributed by atoms with van der Waals surface area (Å²) in [5.41, 5.74) is 8.68. The average molecular weight is 284 g/mol. The van der Waals surface area contributed by atoms with Crippen molar-refractivity contribution in [3.63, 3.8) is 0 Å². The Labute approximate surface area is 122 Å². The lowest BCUT2D eigenvalue weighted by Gasteiger charge is -2.10. The van der Waals surface area contributed by atoms with Crippen LogP contribution in [0.25, 0.3) is 0 Å². The number of benzene rings is 2. The molecule has 0 aliphatic carbocycles. The van der Waals surface area contributed by atoms with Crippen LogP contribution in [0.3, 0.4) is 0 Å². The predicted octanol–water partition coefficient (Wildman–Crippen LogP) is 2.24. The van der Waals surface area contributed by atoms with Crippen molar-refractivity contribution < 1.29 is 14.3 Å². The van der Waals surface area contributed by atoms with Crippen LogP contribution >= 0.6 is 0 Å². The standard InChI is InChI=1S/C16H16N2O3/c1-10-3-2-4-12(17)15(10)16(19)18-8-11-5-6-13-14(7-11)21-9-20-13/h2-7H,8-9,17H2,1H3,(H,18,19). The van der Waals surface area contributed by atoms with Crippen LogP contribution in [-0.4, -0.2) is 12.7 Å². The fourth-order valence-electron chi connectivity index (χ4n) is 2.32. The minimum atomic E-state index is -0.178. The molecule has 1 aliphatic rings. The summed E-state index contributed by atoms with van der Waals surface area (Å²) in [7, 11) is 0. The summed E-state index contributed by atoms with van der Waals surface area (Å²) in [5.74, 6) is 1.26. The van der Waals surface area contributed by atoms with Crippen molar-refractivity contribution >= 4 is 11.6 Å². The first kappa shape index (κ1) is 13.3. The SMILES string of the molecule is Cc1cccc(N)c1C(=O)NCc1ccc2c(c1)OCO2. The second-order valence-corrected chi connectivity index (χ2v) is 4.91. The summed E-state index contributed by atoms with van der Waals surface area (Å²) in [4.78, 5) is 12.2. The zero-order valence-corrected chi connectivity index (χ0v) is 11.7. The molecule has 3 rings (SSSR count). The summed E-state index contributed by atoms with van der Waals surface area (Å²) in [5, 5.41) is 2.87. The lowest BCUT2D eigenvalue weighted by Crippen LogP contribution is -2.24. The number of amides is 1. The maximum atomic E-state index is 12.2. The summed E-state index contributed by atoms with van der Waals surface area (Å²) < 4.78 is 10.6. The van der Waals surface area contributed by atoms with E-state index in [1.165, 1.54) is 0 Å². The largest absolute Gasteiger partial charge is 0.454 e. The van der Waals surface area contributed by atoms with Gasteiger partial charge in [0, 0.05) is 12.2 Å². The molecule has 0 radical (unpaired) electrons. The average Bonchev–Trinajstić information content (AvgIpc) is 2.92. The van der Waals surface area contributed by atoms with Gasteiger partial charge in [0.05, 0.1) is 5.56 Å². The third-order valence-corrected chi connectivity index (χ3v) is 3.42. The van der Waals surface area contributed by atoms with Gasteiger partial charge in [0.15, 0.2) is 11.5 Å². The molecule has 0 fully saturated rings. The number of nitrogens with two attached hydrogens (primary N) is 1. The maximum Gasteiger partial charge on any atom is 0.253 e. The van der Waals surface area contributed by atoms with E-state index in [0.717, 1.165) is 16.9 Å². The first-order valence-corrected chi connectivity index (χ1v) is 6.67. The fraction of sp³-hybridized carbons (Fsp3) is 0.188. The van der Waals surface area contributed by atoms with E-state index in [1.54, 1.807) is 6.07 Å². The van der Waals surface area contributed by atoms with Gasteiger partial charge in [-0.3, -0.25) is 4.79 Å². The molecule has 1 heterocycles. The molecule has 0 aromatic heterocycles. The van der Waals surface area contributed by atoms with Crippen molar-refractivity contribution in [3.05, 3.63) is 53.1 Å². The van der Waals surface area contributed by atoms with Crippen molar-refractivity contribution in [2.75, 3.05) is 12.5 Å². The quantitative estimate of drug-likeness (QED) is 0.848. The Morgan fingerprint density at radius 3 is 2.86 bits per heavy atom. The molecule has 3 N–H and O–H groups in total. The van der Waals surface area contributed by atoms with Gasteiger partial charge >= 0.3 is 0 Å². The van der Waals surface area contributed by atoms with E-state index in [9.17, 15) is 4.79 Å². The van der Waals surface area contributed by atoms with E-state index < -0.39 is 0 Å². The van der Waals surface area contributed by atoms with Crippen LogP contribution in [0.4, 0.5) is 5.69 Å². The molecule has 1 amide bonds. The Bertz CT molecular complexity index is 678. The van der Waals surface area contributed by atoms with Crippen LogP contribution < -0.4 is 20.5 Å². The van der Waals surface area contributed by atoms with Crippen LogP contribution in [-0.2, 0) is 6.54 Å². The summed E-state index contributed by atoms with van der Waals surface area (Å²) in [6.45, 7) is 2.51. The second kappa shape index (κ2) is 5.36. The molecular formula is C16H16N2O3. The topological polar surface area (TPSA) is 73.6 Å². The highest BCUT2D eigenvalue weighted by Crippen LogP contribution is 2.32. The van der Waals surface area contributed by atoms with Crippen LogP contribution in [0.1, 0.15) is 21.5 Å². The number of fused-ring (bicyclic) bond motifs is 1. The highest BCUT2D eigenvalue weighted by Gasteiger charge is 2.15. The van der Waals surface area contributed by atoms with Gasteiger partial charge in [0.1, 0.15) is 0 Å². The van der Waals surface area contributed by atoms with Gasteiger partial charge in [-0.1, -0.05) is 18.2 Å². The monoisotopic (exact) mass is 284 g/mol. The third kappa shape index (κ3) is 2.63. The Morgan fingerprint density at radius 1 is 1.24 bits per heavy atom. The Hall–Kier alpha value is -2.69. The fourth-order valence-corrected chi connectivity index (χ4v) is 2.32. The summed E-state index contributed by atoms with van der Waals surface area (Å²) in [6, 6.07) is 11.0. The first-order valence-electron chi connectivity index (χ1n) is 6.67. The highest BCUT2D eigenvalue weighted by molar-refractivity contribution is 6.00. The Balaban J connectivity index is 1.71. The lowest BCUT2D eigenvalue weighted by atomic mass is 10.1. The van der Waals surface area contributed by atoms with E-state index in [-0.39, 0.29) is 12.7 Å². The van der Waals surface area contributed by atoms with E-state index >= 15 is 0 Å². The number of aryl methyl sites for hydroxylation is 1. The number of nitrogens with one attached hydrogen (secondary N) is 1. The molecule has 2 aromatic rings. The van der Waals surface area contributed by atoms with Crippen LogP contribution in [0.15, 0.2) is 36.4 Å². The van der Waals surface area contributed by atoms with Gasteiger partial charge in [-0.25, -0.2) is 0 Å². The Kier molecular flexibility index (Phi) is 3.39. The zero-order chi connectivity index (χ0) is 14.8. The number of rotatable bonds is 3.